The fourth-order valence-electron chi connectivity index (χ4n) is 3.16. The van der Waals surface area contributed by atoms with Gasteiger partial charge in [-0.05, 0) is 62.0 Å². The highest BCUT2D eigenvalue weighted by atomic mass is 32.2. The van der Waals surface area contributed by atoms with Gasteiger partial charge in [-0.25, -0.2) is 13.6 Å². The minimum atomic E-state index is -3.73. The summed E-state index contributed by atoms with van der Waals surface area (Å²) in [6.45, 7) is 2.79. The first kappa shape index (κ1) is 18.1. The van der Waals surface area contributed by atoms with Gasteiger partial charge in [0.25, 0.3) is 0 Å². The van der Waals surface area contributed by atoms with Crippen molar-refractivity contribution in [1.82, 2.24) is 4.90 Å². The van der Waals surface area contributed by atoms with Crippen molar-refractivity contribution in [3.05, 3.63) is 46.7 Å². The van der Waals surface area contributed by atoms with Gasteiger partial charge in [0.2, 0.25) is 15.9 Å². The Morgan fingerprint density at radius 2 is 2.04 bits per heavy atom. The Kier molecular flexibility index (Phi) is 5.24. The quantitative estimate of drug-likeness (QED) is 0.835. The van der Waals surface area contributed by atoms with Crippen LogP contribution in [0.15, 0.2) is 46.7 Å². The summed E-state index contributed by atoms with van der Waals surface area (Å²) in [5.74, 6) is -0.105. The zero-order valence-corrected chi connectivity index (χ0v) is 15.5. The molecule has 0 aliphatic carbocycles. The lowest BCUT2D eigenvalue weighted by Crippen LogP contribution is -2.41. The largest absolute Gasteiger partial charge is 0.325 e. The van der Waals surface area contributed by atoms with Crippen LogP contribution in [0.5, 0.6) is 0 Å². The van der Waals surface area contributed by atoms with Crippen LogP contribution in [0.25, 0.3) is 0 Å². The van der Waals surface area contributed by atoms with Crippen LogP contribution in [-0.4, -0.2) is 31.8 Å². The summed E-state index contributed by atoms with van der Waals surface area (Å²) in [4.78, 5) is 16.1. The molecule has 1 aliphatic heterocycles. The second-order valence-electron chi connectivity index (χ2n) is 6.15. The lowest BCUT2D eigenvalue weighted by atomic mass is 10.1. The summed E-state index contributed by atoms with van der Waals surface area (Å²) in [6, 6.07) is 10.0. The molecule has 1 aromatic heterocycles. The molecule has 3 N–H and O–H groups in total. The van der Waals surface area contributed by atoms with E-state index in [-0.39, 0.29) is 22.9 Å². The predicted molar refractivity (Wildman–Crippen MR) is 98.9 cm³/mol. The van der Waals surface area contributed by atoms with Gasteiger partial charge in [-0.15, -0.1) is 11.3 Å². The van der Waals surface area contributed by atoms with Gasteiger partial charge in [0.05, 0.1) is 10.9 Å². The number of anilines is 1. The Morgan fingerprint density at radius 1 is 1.32 bits per heavy atom. The number of nitrogens with zero attached hydrogens (tertiary/aromatic N) is 1. The lowest BCUT2D eigenvalue weighted by Gasteiger charge is -2.29. The van der Waals surface area contributed by atoms with Gasteiger partial charge in [0.1, 0.15) is 0 Å². The molecular formula is C17H21N3O3S2. The maximum absolute atomic E-state index is 12.6. The van der Waals surface area contributed by atoms with Gasteiger partial charge in [0, 0.05) is 16.6 Å². The third-order valence-electron chi connectivity index (χ3n) is 4.49. The average molecular weight is 380 g/mol. The van der Waals surface area contributed by atoms with Crippen molar-refractivity contribution in [2.24, 2.45) is 5.14 Å². The summed E-state index contributed by atoms with van der Waals surface area (Å²) in [5.41, 5.74) is 0.552. The van der Waals surface area contributed by atoms with Crippen LogP contribution in [0.3, 0.4) is 0 Å². The summed E-state index contributed by atoms with van der Waals surface area (Å²) < 4.78 is 22.6. The number of amides is 1. The van der Waals surface area contributed by atoms with Gasteiger partial charge >= 0.3 is 0 Å². The minimum Gasteiger partial charge on any atom is -0.325 e. The van der Waals surface area contributed by atoms with Crippen molar-refractivity contribution in [2.45, 2.75) is 36.7 Å². The molecule has 134 valence electrons. The zero-order chi connectivity index (χ0) is 18.0. The monoisotopic (exact) mass is 379 g/mol. The van der Waals surface area contributed by atoms with Gasteiger partial charge < -0.3 is 5.32 Å². The number of likely N-dealkylation sites (tertiary alicyclic amines) is 1. The van der Waals surface area contributed by atoms with E-state index in [1.54, 1.807) is 23.5 Å². The minimum absolute atomic E-state index is 0.0239. The molecule has 6 nitrogen and oxygen atoms in total. The molecule has 1 amide bonds. The molecule has 0 unspecified atom stereocenters. The number of carbonyl (C=O) groups is 1. The van der Waals surface area contributed by atoms with Crippen LogP contribution >= 0.6 is 11.3 Å². The molecule has 1 fully saturated rings. The molecule has 25 heavy (non-hydrogen) atoms. The zero-order valence-electron chi connectivity index (χ0n) is 13.9. The maximum Gasteiger partial charge on any atom is 0.241 e. The Balaban J connectivity index is 1.68. The predicted octanol–water partition coefficient (Wildman–Crippen LogP) is 2.56. The van der Waals surface area contributed by atoms with E-state index < -0.39 is 10.0 Å². The van der Waals surface area contributed by atoms with E-state index in [4.69, 9.17) is 5.14 Å². The van der Waals surface area contributed by atoms with Crippen LogP contribution in [0, 0.1) is 0 Å². The third kappa shape index (κ3) is 4.09. The molecule has 0 spiro atoms. The first-order valence-electron chi connectivity index (χ1n) is 8.09. The maximum atomic E-state index is 12.6. The van der Waals surface area contributed by atoms with E-state index in [0.29, 0.717) is 5.69 Å². The Hall–Kier alpha value is -1.74. The number of hydrogen-bond donors (Lipinski definition) is 2. The summed E-state index contributed by atoms with van der Waals surface area (Å²) in [6.07, 6.45) is 2.13. The Labute approximate surface area is 151 Å². The summed E-state index contributed by atoms with van der Waals surface area (Å²) in [7, 11) is -3.73. The van der Waals surface area contributed by atoms with Crippen LogP contribution in [-0.2, 0) is 14.8 Å². The highest BCUT2D eigenvalue weighted by Crippen LogP contribution is 2.36. The second kappa shape index (κ2) is 7.25. The second-order valence-corrected chi connectivity index (χ2v) is 8.69. The van der Waals surface area contributed by atoms with E-state index in [1.165, 1.54) is 17.0 Å². The number of hydrogen-bond acceptors (Lipinski definition) is 5. The van der Waals surface area contributed by atoms with Gasteiger partial charge in [-0.3, -0.25) is 9.69 Å². The number of benzene rings is 1. The number of sulfonamides is 1. The van der Waals surface area contributed by atoms with Crippen molar-refractivity contribution < 1.29 is 13.2 Å². The number of primary sulfonamides is 1. The molecule has 8 heteroatoms. The fraction of sp³-hybridized carbons (Fsp3) is 0.353. The van der Waals surface area contributed by atoms with Crippen LogP contribution in [0.1, 0.15) is 30.7 Å². The number of nitrogens with one attached hydrogen (secondary N) is 1. The SMILES string of the molecule is C[C@@H](C(=O)Nc1ccc(S(N)(=O)=O)cc1)N1CCC[C@@H]1c1cccs1. The average Bonchev–Trinajstić information content (AvgIpc) is 3.24. The highest BCUT2D eigenvalue weighted by Gasteiger charge is 2.33. The van der Waals surface area contributed by atoms with Gasteiger partial charge in [-0.1, -0.05) is 6.07 Å². The molecule has 0 saturated carbocycles. The van der Waals surface area contributed by atoms with E-state index in [0.717, 1.165) is 19.4 Å². The normalized spacial score (nSPS) is 19.7. The fourth-order valence-corrected chi connectivity index (χ4v) is 4.56. The van der Waals surface area contributed by atoms with Crippen molar-refractivity contribution >= 4 is 33.0 Å². The molecule has 0 radical (unpaired) electrons. The molecular weight excluding hydrogens is 358 g/mol. The number of carbonyl (C=O) groups excluding carboxylic acids is 1. The highest BCUT2D eigenvalue weighted by molar-refractivity contribution is 7.89. The molecule has 1 aliphatic rings. The number of nitrogens with two attached hydrogens (primary N) is 1. The summed E-state index contributed by atoms with van der Waals surface area (Å²) >= 11 is 1.72. The van der Waals surface area contributed by atoms with Crippen LogP contribution in [0.4, 0.5) is 5.69 Å². The van der Waals surface area contributed by atoms with Crippen molar-refractivity contribution in [2.75, 3.05) is 11.9 Å². The number of rotatable bonds is 5. The van der Waals surface area contributed by atoms with Crippen molar-refractivity contribution in [1.29, 1.82) is 0 Å². The Bertz CT molecular complexity index is 833. The first-order valence-corrected chi connectivity index (χ1v) is 10.5. The van der Waals surface area contributed by atoms with E-state index in [1.807, 2.05) is 13.0 Å². The Morgan fingerprint density at radius 3 is 2.64 bits per heavy atom. The van der Waals surface area contributed by atoms with Crippen molar-refractivity contribution in [3.63, 3.8) is 0 Å². The first-order chi connectivity index (χ1) is 11.9. The molecule has 2 heterocycles. The number of thiophene rings is 1. The molecule has 2 atom stereocenters. The standard InChI is InChI=1S/C17H21N3O3S2/c1-12(20-10-2-4-15(20)16-5-3-11-24-16)17(21)19-13-6-8-14(9-7-13)25(18,22)23/h3,5-9,11-12,15H,2,4,10H2,1H3,(H,19,21)(H2,18,22,23)/t12-,15+/m0/s1. The molecule has 3 rings (SSSR count). The smallest absolute Gasteiger partial charge is 0.241 e. The van der Waals surface area contributed by atoms with E-state index in [2.05, 4.69) is 21.7 Å². The van der Waals surface area contributed by atoms with E-state index >= 15 is 0 Å². The lowest BCUT2D eigenvalue weighted by molar-refractivity contribution is -0.121. The van der Waals surface area contributed by atoms with Crippen LogP contribution in [0.2, 0.25) is 0 Å². The van der Waals surface area contributed by atoms with E-state index in [9.17, 15) is 13.2 Å². The molecule has 2 aromatic rings. The summed E-state index contributed by atoms with van der Waals surface area (Å²) in [5, 5.41) is 9.99. The van der Waals surface area contributed by atoms with Gasteiger partial charge in [-0.2, -0.15) is 0 Å². The molecule has 1 saturated heterocycles. The third-order valence-corrected chi connectivity index (χ3v) is 6.40. The van der Waals surface area contributed by atoms with Gasteiger partial charge in [0.15, 0.2) is 0 Å². The van der Waals surface area contributed by atoms with Crippen molar-refractivity contribution in [3.8, 4) is 0 Å². The van der Waals surface area contributed by atoms with Crippen LogP contribution < -0.4 is 10.5 Å². The molecule has 0 bridgehead atoms. The topological polar surface area (TPSA) is 92.5 Å². The molecule has 1 aromatic carbocycles.